The molecule has 144 valence electrons. The molecule has 1 amide bonds. The highest BCUT2D eigenvalue weighted by Crippen LogP contribution is 2.26. The van der Waals surface area contributed by atoms with E-state index in [0.29, 0.717) is 29.4 Å². The Morgan fingerprint density at radius 1 is 0.893 bits per heavy atom. The van der Waals surface area contributed by atoms with Crippen molar-refractivity contribution in [3.05, 3.63) is 83.4 Å². The quantitative estimate of drug-likeness (QED) is 0.640. The summed E-state index contributed by atoms with van der Waals surface area (Å²) < 4.78 is 16.6. The van der Waals surface area contributed by atoms with E-state index in [-0.39, 0.29) is 5.91 Å². The van der Waals surface area contributed by atoms with Gasteiger partial charge in [-0.3, -0.25) is 4.79 Å². The molecule has 3 aromatic rings. The molecule has 0 saturated heterocycles. The van der Waals surface area contributed by atoms with E-state index in [1.807, 2.05) is 43.3 Å². The molecule has 5 nitrogen and oxygen atoms in total. The summed E-state index contributed by atoms with van der Waals surface area (Å²) in [5.41, 5.74) is 3.03. The monoisotopic (exact) mass is 377 g/mol. The minimum atomic E-state index is -0.232. The van der Waals surface area contributed by atoms with Crippen LogP contribution in [-0.2, 0) is 6.61 Å². The Balaban J connectivity index is 1.78. The van der Waals surface area contributed by atoms with E-state index in [9.17, 15) is 4.79 Å². The average Bonchev–Trinajstić information content (AvgIpc) is 2.72. The van der Waals surface area contributed by atoms with E-state index in [1.54, 1.807) is 44.6 Å². The zero-order valence-corrected chi connectivity index (χ0v) is 16.2. The van der Waals surface area contributed by atoms with Gasteiger partial charge < -0.3 is 19.5 Å². The number of hydrogen-bond donors (Lipinski definition) is 1. The molecule has 3 rings (SSSR count). The molecule has 0 radical (unpaired) electrons. The maximum Gasteiger partial charge on any atom is 0.255 e. The highest BCUT2D eigenvalue weighted by atomic mass is 16.5. The van der Waals surface area contributed by atoms with E-state index >= 15 is 0 Å². The zero-order chi connectivity index (χ0) is 19.9. The SMILES string of the molecule is COc1ccc(C(=O)Nc2ccccc2OC)cc1COc1cccc(C)c1. The number of para-hydroxylation sites is 2. The predicted molar refractivity (Wildman–Crippen MR) is 109 cm³/mol. The van der Waals surface area contributed by atoms with Crippen LogP contribution in [0.2, 0.25) is 0 Å². The van der Waals surface area contributed by atoms with E-state index < -0.39 is 0 Å². The summed E-state index contributed by atoms with van der Waals surface area (Å²) in [5, 5.41) is 2.88. The number of ether oxygens (including phenoxy) is 3. The lowest BCUT2D eigenvalue weighted by atomic mass is 10.1. The second-order valence-corrected chi connectivity index (χ2v) is 6.29. The molecule has 0 saturated carbocycles. The summed E-state index contributed by atoms with van der Waals surface area (Å²) in [4.78, 5) is 12.7. The van der Waals surface area contributed by atoms with Crippen molar-refractivity contribution in [2.45, 2.75) is 13.5 Å². The van der Waals surface area contributed by atoms with Crippen molar-refractivity contribution in [3.63, 3.8) is 0 Å². The lowest BCUT2D eigenvalue weighted by Crippen LogP contribution is -2.13. The highest BCUT2D eigenvalue weighted by Gasteiger charge is 2.13. The molecule has 0 aliphatic rings. The molecular weight excluding hydrogens is 354 g/mol. The molecule has 0 spiro atoms. The van der Waals surface area contributed by atoms with Crippen LogP contribution in [-0.4, -0.2) is 20.1 Å². The number of carbonyl (C=O) groups excluding carboxylic acids is 1. The predicted octanol–water partition coefficient (Wildman–Crippen LogP) is 4.84. The number of aryl methyl sites for hydroxylation is 1. The largest absolute Gasteiger partial charge is 0.496 e. The van der Waals surface area contributed by atoms with Gasteiger partial charge in [-0.05, 0) is 55.0 Å². The topological polar surface area (TPSA) is 56.8 Å². The molecule has 5 heteroatoms. The number of rotatable bonds is 7. The van der Waals surface area contributed by atoms with Crippen LogP contribution in [0.1, 0.15) is 21.5 Å². The molecule has 0 aliphatic heterocycles. The number of carbonyl (C=O) groups is 1. The third-order valence-electron chi connectivity index (χ3n) is 4.28. The van der Waals surface area contributed by atoms with Gasteiger partial charge in [-0.1, -0.05) is 24.3 Å². The summed E-state index contributed by atoms with van der Waals surface area (Å²) in [5.74, 6) is 1.81. The Labute approximate surface area is 164 Å². The van der Waals surface area contributed by atoms with Crippen molar-refractivity contribution in [1.29, 1.82) is 0 Å². The lowest BCUT2D eigenvalue weighted by Gasteiger charge is -2.13. The van der Waals surface area contributed by atoms with Gasteiger partial charge in [0.2, 0.25) is 0 Å². The van der Waals surface area contributed by atoms with Crippen LogP contribution in [0.3, 0.4) is 0 Å². The molecule has 0 aliphatic carbocycles. The summed E-state index contributed by atoms with van der Waals surface area (Å²) >= 11 is 0. The van der Waals surface area contributed by atoms with E-state index in [0.717, 1.165) is 16.9 Å². The first-order valence-corrected chi connectivity index (χ1v) is 8.91. The Hall–Kier alpha value is -3.47. The smallest absolute Gasteiger partial charge is 0.255 e. The van der Waals surface area contributed by atoms with E-state index in [1.165, 1.54) is 0 Å². The lowest BCUT2D eigenvalue weighted by molar-refractivity contribution is 0.102. The minimum Gasteiger partial charge on any atom is -0.496 e. The molecule has 0 bridgehead atoms. The van der Waals surface area contributed by atoms with Gasteiger partial charge >= 0.3 is 0 Å². The van der Waals surface area contributed by atoms with E-state index in [2.05, 4.69) is 5.32 Å². The highest BCUT2D eigenvalue weighted by molar-refractivity contribution is 6.05. The van der Waals surface area contributed by atoms with Crippen molar-refractivity contribution in [1.82, 2.24) is 0 Å². The molecule has 28 heavy (non-hydrogen) atoms. The van der Waals surface area contributed by atoms with Crippen LogP contribution in [0.4, 0.5) is 5.69 Å². The van der Waals surface area contributed by atoms with Crippen molar-refractivity contribution >= 4 is 11.6 Å². The Bertz CT molecular complexity index is 968. The number of anilines is 1. The number of benzene rings is 3. The molecule has 1 N–H and O–H groups in total. The summed E-state index contributed by atoms with van der Waals surface area (Å²) in [6, 6.07) is 20.4. The van der Waals surface area contributed by atoms with Gasteiger partial charge in [0.05, 0.1) is 19.9 Å². The Kier molecular flexibility index (Phi) is 6.17. The van der Waals surface area contributed by atoms with Crippen LogP contribution in [0.25, 0.3) is 0 Å². The molecular formula is C23H23NO4. The maximum atomic E-state index is 12.7. The molecule has 3 aromatic carbocycles. The Morgan fingerprint density at radius 3 is 2.43 bits per heavy atom. The summed E-state index contributed by atoms with van der Waals surface area (Å²) in [6.07, 6.45) is 0. The van der Waals surface area contributed by atoms with E-state index in [4.69, 9.17) is 14.2 Å². The van der Waals surface area contributed by atoms with Crippen LogP contribution < -0.4 is 19.5 Å². The first-order chi connectivity index (χ1) is 13.6. The fourth-order valence-electron chi connectivity index (χ4n) is 2.84. The third kappa shape index (κ3) is 4.62. The fourth-order valence-corrected chi connectivity index (χ4v) is 2.84. The molecule has 0 atom stereocenters. The fraction of sp³-hybridized carbons (Fsp3) is 0.174. The van der Waals surface area contributed by atoms with Crippen LogP contribution in [0.15, 0.2) is 66.7 Å². The third-order valence-corrected chi connectivity index (χ3v) is 4.28. The first-order valence-electron chi connectivity index (χ1n) is 8.91. The first kappa shape index (κ1) is 19.3. The van der Waals surface area contributed by atoms with Crippen LogP contribution in [0.5, 0.6) is 17.2 Å². The van der Waals surface area contributed by atoms with Gasteiger partial charge in [0, 0.05) is 11.1 Å². The van der Waals surface area contributed by atoms with Crippen molar-refractivity contribution in [3.8, 4) is 17.2 Å². The average molecular weight is 377 g/mol. The van der Waals surface area contributed by atoms with Gasteiger partial charge in [0.1, 0.15) is 23.9 Å². The van der Waals surface area contributed by atoms with Gasteiger partial charge in [-0.15, -0.1) is 0 Å². The van der Waals surface area contributed by atoms with Crippen LogP contribution >= 0.6 is 0 Å². The number of hydrogen-bond acceptors (Lipinski definition) is 4. The van der Waals surface area contributed by atoms with Gasteiger partial charge in [-0.25, -0.2) is 0 Å². The van der Waals surface area contributed by atoms with Crippen molar-refractivity contribution in [2.75, 3.05) is 19.5 Å². The molecule has 0 aromatic heterocycles. The normalized spacial score (nSPS) is 10.2. The van der Waals surface area contributed by atoms with Crippen molar-refractivity contribution in [2.24, 2.45) is 0 Å². The second-order valence-electron chi connectivity index (χ2n) is 6.29. The summed E-state index contributed by atoms with van der Waals surface area (Å²) in [6.45, 7) is 2.30. The molecule has 0 heterocycles. The minimum absolute atomic E-state index is 0.232. The number of methoxy groups -OCH3 is 2. The van der Waals surface area contributed by atoms with Gasteiger partial charge in [-0.2, -0.15) is 0 Å². The Morgan fingerprint density at radius 2 is 1.68 bits per heavy atom. The standard InChI is InChI=1S/C23H23NO4/c1-16-7-6-8-19(13-16)28-15-18-14-17(11-12-21(18)26-2)23(25)24-20-9-4-5-10-22(20)27-3/h4-14H,15H2,1-3H3,(H,24,25). The second kappa shape index (κ2) is 8.95. The molecule has 0 fully saturated rings. The zero-order valence-electron chi connectivity index (χ0n) is 16.2. The number of nitrogens with one attached hydrogen (secondary N) is 1. The maximum absolute atomic E-state index is 12.7. The van der Waals surface area contributed by atoms with Gasteiger partial charge in [0.15, 0.2) is 0 Å². The number of amides is 1. The van der Waals surface area contributed by atoms with Crippen molar-refractivity contribution < 1.29 is 19.0 Å². The summed E-state index contributed by atoms with van der Waals surface area (Å²) in [7, 11) is 3.17. The molecule has 0 unspecified atom stereocenters. The van der Waals surface area contributed by atoms with Gasteiger partial charge in [0.25, 0.3) is 5.91 Å². The van der Waals surface area contributed by atoms with Crippen LogP contribution in [0, 0.1) is 6.92 Å².